The number of esters is 2. The zero-order valence-corrected chi connectivity index (χ0v) is 36.0. The Labute approximate surface area is 337 Å². The molecular formula is C48H72N2O6. The van der Waals surface area contributed by atoms with Crippen molar-refractivity contribution in [1.82, 2.24) is 5.32 Å². The van der Waals surface area contributed by atoms with Crippen LogP contribution >= 0.6 is 0 Å². The largest absolute Gasteiger partial charge is 0.465 e. The van der Waals surface area contributed by atoms with Gasteiger partial charge < -0.3 is 20.1 Å². The van der Waals surface area contributed by atoms with E-state index in [1.807, 2.05) is 0 Å². The number of para-hydroxylation sites is 1. The average Bonchev–Trinajstić information content (AvgIpc) is 3.55. The molecule has 0 unspecified atom stereocenters. The Morgan fingerprint density at radius 1 is 0.786 bits per heavy atom. The number of hydrogen-bond acceptors (Lipinski definition) is 6. The summed E-state index contributed by atoms with van der Waals surface area (Å²) in [5.41, 5.74) is 2.29. The number of anilines is 1. The van der Waals surface area contributed by atoms with Crippen molar-refractivity contribution in [2.45, 2.75) is 157 Å². The Morgan fingerprint density at radius 3 is 2.21 bits per heavy atom. The number of benzene rings is 1. The first kappa shape index (κ1) is 42.4. The summed E-state index contributed by atoms with van der Waals surface area (Å²) in [6.45, 7) is 21.6. The maximum absolute atomic E-state index is 14.5. The van der Waals surface area contributed by atoms with Gasteiger partial charge in [0.2, 0.25) is 11.8 Å². The Kier molecular flexibility index (Phi) is 12.3. The lowest BCUT2D eigenvalue weighted by atomic mass is 9.32. The van der Waals surface area contributed by atoms with Gasteiger partial charge in [-0.25, -0.2) is 4.79 Å². The zero-order valence-electron chi connectivity index (χ0n) is 36.0. The molecule has 0 saturated heterocycles. The molecule has 1 aromatic rings. The fraction of sp³-hybridized carbons (Fsp3) is 0.750. The normalized spacial score (nSPS) is 36.8. The van der Waals surface area contributed by atoms with Crippen molar-refractivity contribution in [2.75, 3.05) is 19.0 Å². The molecule has 0 heterocycles. The number of methoxy groups -OCH3 is 1. The molecule has 5 aliphatic rings. The van der Waals surface area contributed by atoms with Gasteiger partial charge in [-0.3, -0.25) is 14.4 Å². The summed E-state index contributed by atoms with van der Waals surface area (Å²) in [7, 11) is 1.33. The Morgan fingerprint density at radius 2 is 1.50 bits per heavy atom. The number of allylic oxidation sites excluding steroid dienone is 1. The maximum atomic E-state index is 14.5. The standard InChI is InChI=1S/C48H72N2O6/c1-31(2)33-22-27-48(43(54)49-30-16-12-10-11-13-19-40(52)50-36-18-15-14-17-34(36)42(53)55-9)29-28-46(7)35(41(33)48)20-21-38-45(6)25-24-39(56-32(3)51)44(4,5)37(45)23-26-47(38,46)8/h14-15,17-18,33,35,37-39,41H,1,10-13,16,19-30H2,2-9H3,(H,49,54)(H,50,52)/t33-,35+,37-,38+,39-,41+,45-,46+,47+,48-/m0/s1. The zero-order chi connectivity index (χ0) is 40.7. The van der Waals surface area contributed by atoms with Crippen LogP contribution in [0.1, 0.15) is 162 Å². The van der Waals surface area contributed by atoms with Crippen molar-refractivity contribution < 1.29 is 28.7 Å². The SMILES string of the molecule is C=C(C)[C@@H]1CC[C@]2(C(=O)NCCCCCCCC(=O)Nc3ccccc3C(=O)OC)CC[C@]3(C)[C@H](CC[C@@H]4[C@@]5(C)CC[C@H](OC(C)=O)C(C)(C)[C@@H]5CC[C@]43C)[C@@H]12. The number of carbonyl (C=O) groups is 4. The number of carbonyl (C=O) groups excluding carboxylic acids is 4. The highest BCUT2D eigenvalue weighted by atomic mass is 16.5. The number of nitrogens with one attached hydrogen (secondary N) is 2. The van der Waals surface area contributed by atoms with E-state index in [-0.39, 0.29) is 51.0 Å². The molecule has 6 rings (SSSR count). The molecule has 0 aliphatic heterocycles. The number of unbranched alkanes of at least 4 members (excludes halogenated alkanes) is 4. The summed E-state index contributed by atoms with van der Waals surface area (Å²) in [4.78, 5) is 51.2. The van der Waals surface area contributed by atoms with E-state index in [1.165, 1.54) is 38.4 Å². The van der Waals surface area contributed by atoms with Crippen LogP contribution < -0.4 is 10.6 Å². The lowest BCUT2D eigenvalue weighted by molar-refractivity contribution is -0.248. The third-order valence-corrected chi connectivity index (χ3v) is 17.2. The van der Waals surface area contributed by atoms with Crippen LogP contribution in [0.25, 0.3) is 0 Å². The number of hydrogen-bond donors (Lipinski definition) is 2. The minimum Gasteiger partial charge on any atom is -0.465 e. The molecule has 8 nitrogen and oxygen atoms in total. The minimum absolute atomic E-state index is 0.0122. The van der Waals surface area contributed by atoms with Crippen molar-refractivity contribution in [3.63, 3.8) is 0 Å². The van der Waals surface area contributed by atoms with E-state index >= 15 is 0 Å². The van der Waals surface area contributed by atoms with Crippen molar-refractivity contribution in [1.29, 1.82) is 0 Å². The van der Waals surface area contributed by atoms with Gasteiger partial charge in [-0.05, 0) is 142 Å². The van der Waals surface area contributed by atoms with Crippen LogP contribution in [-0.2, 0) is 23.9 Å². The number of rotatable bonds is 13. The summed E-state index contributed by atoms with van der Waals surface area (Å²) >= 11 is 0. The van der Waals surface area contributed by atoms with Crippen LogP contribution in [0.2, 0.25) is 0 Å². The maximum Gasteiger partial charge on any atom is 0.339 e. The smallest absolute Gasteiger partial charge is 0.339 e. The molecule has 10 atom stereocenters. The fourth-order valence-electron chi connectivity index (χ4n) is 14.3. The Bertz CT molecular complexity index is 1670. The van der Waals surface area contributed by atoms with Gasteiger partial charge >= 0.3 is 11.9 Å². The van der Waals surface area contributed by atoms with E-state index in [0.29, 0.717) is 53.8 Å². The van der Waals surface area contributed by atoms with E-state index in [9.17, 15) is 19.2 Å². The van der Waals surface area contributed by atoms with Crippen LogP contribution in [0.4, 0.5) is 5.69 Å². The van der Waals surface area contributed by atoms with Gasteiger partial charge in [0.25, 0.3) is 0 Å². The average molecular weight is 773 g/mol. The van der Waals surface area contributed by atoms with Crippen LogP contribution in [0.15, 0.2) is 36.4 Å². The van der Waals surface area contributed by atoms with Gasteiger partial charge in [0.05, 0.1) is 23.8 Å². The van der Waals surface area contributed by atoms with E-state index in [2.05, 4.69) is 58.8 Å². The van der Waals surface area contributed by atoms with Crippen LogP contribution in [0.3, 0.4) is 0 Å². The fourth-order valence-corrected chi connectivity index (χ4v) is 14.3. The van der Waals surface area contributed by atoms with Crippen LogP contribution in [0.5, 0.6) is 0 Å². The van der Waals surface area contributed by atoms with Gasteiger partial charge in [0.1, 0.15) is 6.10 Å². The van der Waals surface area contributed by atoms with Gasteiger partial charge in [-0.2, -0.15) is 0 Å². The quantitative estimate of drug-likeness (QED) is 0.117. The van der Waals surface area contributed by atoms with E-state index in [4.69, 9.17) is 9.47 Å². The molecular weight excluding hydrogens is 701 g/mol. The summed E-state index contributed by atoms with van der Waals surface area (Å²) in [6.07, 6.45) is 16.0. The first-order valence-electron chi connectivity index (χ1n) is 22.0. The third kappa shape index (κ3) is 7.27. The molecule has 0 bridgehead atoms. The van der Waals surface area contributed by atoms with Crippen LogP contribution in [-0.4, -0.2) is 43.5 Å². The highest BCUT2D eigenvalue weighted by molar-refractivity contribution is 6.01. The molecule has 8 heteroatoms. The van der Waals surface area contributed by atoms with Gasteiger partial charge in [0.15, 0.2) is 0 Å². The summed E-state index contributed by atoms with van der Waals surface area (Å²) < 4.78 is 10.8. The molecule has 310 valence electrons. The molecule has 56 heavy (non-hydrogen) atoms. The number of amides is 2. The van der Waals surface area contributed by atoms with E-state index in [1.54, 1.807) is 31.2 Å². The van der Waals surface area contributed by atoms with Crippen LogP contribution in [0, 0.1) is 56.7 Å². The lowest BCUT2D eigenvalue weighted by Gasteiger charge is -2.72. The summed E-state index contributed by atoms with van der Waals surface area (Å²) in [5, 5.41) is 6.33. The number of ether oxygens (including phenoxy) is 2. The minimum atomic E-state index is -0.468. The summed E-state index contributed by atoms with van der Waals surface area (Å²) in [5.74, 6) is 1.93. The van der Waals surface area contributed by atoms with Crippen molar-refractivity contribution >= 4 is 29.4 Å². The van der Waals surface area contributed by atoms with Gasteiger partial charge in [-0.15, -0.1) is 0 Å². The third-order valence-electron chi connectivity index (χ3n) is 17.2. The topological polar surface area (TPSA) is 111 Å². The number of fused-ring (bicyclic) bond motifs is 7. The molecule has 2 N–H and O–H groups in total. The second-order valence-electron chi connectivity index (χ2n) is 20.2. The molecule has 5 aliphatic carbocycles. The van der Waals surface area contributed by atoms with E-state index in [0.717, 1.165) is 70.6 Å². The summed E-state index contributed by atoms with van der Waals surface area (Å²) in [6, 6.07) is 6.90. The Hall–Kier alpha value is -3.16. The first-order valence-corrected chi connectivity index (χ1v) is 22.0. The predicted octanol–water partition coefficient (Wildman–Crippen LogP) is 10.5. The first-order chi connectivity index (χ1) is 26.5. The highest BCUT2D eigenvalue weighted by Crippen LogP contribution is 2.77. The molecule has 1 aromatic carbocycles. The monoisotopic (exact) mass is 773 g/mol. The van der Waals surface area contributed by atoms with E-state index < -0.39 is 5.97 Å². The molecule has 2 amide bonds. The van der Waals surface area contributed by atoms with Crippen molar-refractivity contribution in [3.8, 4) is 0 Å². The second-order valence-corrected chi connectivity index (χ2v) is 20.2. The highest BCUT2D eigenvalue weighted by Gasteiger charge is 2.72. The van der Waals surface area contributed by atoms with Crippen molar-refractivity contribution in [3.05, 3.63) is 42.0 Å². The molecule has 5 fully saturated rings. The molecule has 0 spiro atoms. The second kappa shape index (κ2) is 16.2. The molecule has 5 saturated carbocycles. The Balaban J connectivity index is 1.05. The van der Waals surface area contributed by atoms with Crippen molar-refractivity contribution in [2.24, 2.45) is 56.7 Å². The lowest BCUT2D eigenvalue weighted by Crippen LogP contribution is -2.67. The predicted molar refractivity (Wildman–Crippen MR) is 222 cm³/mol. The molecule has 0 aromatic heterocycles. The van der Waals surface area contributed by atoms with Gasteiger partial charge in [0, 0.05) is 25.3 Å². The van der Waals surface area contributed by atoms with Gasteiger partial charge in [-0.1, -0.05) is 78.2 Å². The molecule has 0 radical (unpaired) electrons.